The third-order valence-electron chi connectivity index (χ3n) is 4.19. The first-order valence-electron chi connectivity index (χ1n) is 7.88. The lowest BCUT2D eigenvalue weighted by atomic mass is 9.98. The number of hydrogen-bond acceptors (Lipinski definition) is 3. The Morgan fingerprint density at radius 2 is 2.19 bits per heavy atom. The fourth-order valence-electron chi connectivity index (χ4n) is 3.10. The van der Waals surface area contributed by atoms with Gasteiger partial charge < -0.3 is 15.0 Å². The molecule has 1 N–H and O–H groups in total. The minimum atomic E-state index is 0.527. The summed E-state index contributed by atoms with van der Waals surface area (Å²) in [6.07, 6.45) is 2.34. The van der Waals surface area contributed by atoms with Gasteiger partial charge in [-0.15, -0.1) is 0 Å². The molecule has 118 valence electrons. The van der Waals surface area contributed by atoms with Crippen molar-refractivity contribution in [3.63, 3.8) is 0 Å². The average Bonchev–Trinajstić information content (AvgIpc) is 2.47. The van der Waals surface area contributed by atoms with Crippen molar-refractivity contribution in [1.29, 1.82) is 0 Å². The predicted octanol–water partition coefficient (Wildman–Crippen LogP) is 3.95. The van der Waals surface area contributed by atoms with E-state index in [2.05, 4.69) is 43.1 Å². The van der Waals surface area contributed by atoms with E-state index in [0.29, 0.717) is 23.0 Å². The molecule has 0 aromatic heterocycles. The predicted molar refractivity (Wildman–Crippen MR) is 90.7 cm³/mol. The highest BCUT2D eigenvalue weighted by atomic mass is 35.5. The number of anilines is 1. The minimum absolute atomic E-state index is 0.527. The van der Waals surface area contributed by atoms with E-state index in [-0.39, 0.29) is 0 Å². The molecule has 1 aliphatic heterocycles. The zero-order valence-corrected chi connectivity index (χ0v) is 14.3. The van der Waals surface area contributed by atoms with Crippen molar-refractivity contribution in [2.24, 2.45) is 5.92 Å². The number of hydrogen-bond donors (Lipinski definition) is 1. The van der Waals surface area contributed by atoms with Crippen LogP contribution in [0.25, 0.3) is 0 Å². The Morgan fingerprint density at radius 3 is 2.81 bits per heavy atom. The van der Waals surface area contributed by atoms with E-state index >= 15 is 0 Å². The molecule has 1 saturated heterocycles. The molecule has 1 aliphatic rings. The van der Waals surface area contributed by atoms with Crippen molar-refractivity contribution < 1.29 is 4.74 Å². The lowest BCUT2D eigenvalue weighted by Crippen LogP contribution is -2.56. The Kier molecular flexibility index (Phi) is 5.77. The molecular formula is C17H27ClN2O. The molecule has 4 heteroatoms. The number of ether oxygens (including phenoxy) is 1. The fraction of sp³-hybridized carbons (Fsp3) is 0.647. The van der Waals surface area contributed by atoms with Crippen LogP contribution < -0.4 is 15.0 Å². The van der Waals surface area contributed by atoms with Crippen LogP contribution in [0.15, 0.2) is 18.2 Å². The Hall–Kier alpha value is -0.930. The maximum Gasteiger partial charge on any atom is 0.139 e. The third kappa shape index (κ3) is 4.04. The summed E-state index contributed by atoms with van der Waals surface area (Å²) in [4.78, 5) is 2.50. The molecule has 1 heterocycles. The van der Waals surface area contributed by atoms with Crippen LogP contribution in [0.5, 0.6) is 5.75 Å². The second kappa shape index (κ2) is 7.37. The number of halogens is 1. The minimum Gasteiger partial charge on any atom is -0.495 e. The summed E-state index contributed by atoms with van der Waals surface area (Å²) in [6, 6.07) is 7.17. The van der Waals surface area contributed by atoms with Gasteiger partial charge >= 0.3 is 0 Å². The highest BCUT2D eigenvalue weighted by Crippen LogP contribution is 2.31. The maximum atomic E-state index is 6.15. The van der Waals surface area contributed by atoms with Crippen molar-refractivity contribution in [3.8, 4) is 5.75 Å². The molecule has 0 spiro atoms. The smallest absolute Gasteiger partial charge is 0.139 e. The summed E-state index contributed by atoms with van der Waals surface area (Å²) in [5.41, 5.74) is 1.21. The van der Waals surface area contributed by atoms with E-state index in [4.69, 9.17) is 16.3 Å². The number of methoxy groups -OCH3 is 1. The Labute approximate surface area is 133 Å². The van der Waals surface area contributed by atoms with Gasteiger partial charge in [-0.1, -0.05) is 32.4 Å². The first kappa shape index (κ1) is 16.4. The molecule has 3 nitrogen and oxygen atoms in total. The van der Waals surface area contributed by atoms with Gasteiger partial charge in [-0.2, -0.15) is 0 Å². The Bertz CT molecular complexity index is 464. The van der Waals surface area contributed by atoms with Crippen LogP contribution in [0.4, 0.5) is 5.69 Å². The van der Waals surface area contributed by atoms with Crippen LogP contribution in [0, 0.1) is 5.92 Å². The summed E-state index contributed by atoms with van der Waals surface area (Å²) in [7, 11) is 1.67. The molecule has 1 aromatic carbocycles. The molecule has 1 fully saturated rings. The largest absolute Gasteiger partial charge is 0.495 e. The van der Waals surface area contributed by atoms with E-state index in [9.17, 15) is 0 Å². The molecule has 0 radical (unpaired) electrons. The molecule has 2 atom stereocenters. The zero-order valence-electron chi connectivity index (χ0n) is 13.5. The Balaban J connectivity index is 2.20. The first-order chi connectivity index (χ1) is 10.0. The van der Waals surface area contributed by atoms with Gasteiger partial charge in [0.05, 0.1) is 12.1 Å². The van der Waals surface area contributed by atoms with E-state index < -0.39 is 0 Å². The van der Waals surface area contributed by atoms with E-state index in [1.807, 2.05) is 6.07 Å². The van der Waals surface area contributed by atoms with E-state index in [1.165, 1.54) is 12.1 Å². The van der Waals surface area contributed by atoms with Crippen molar-refractivity contribution >= 4 is 17.3 Å². The number of rotatable bonds is 5. The van der Waals surface area contributed by atoms with E-state index in [1.54, 1.807) is 7.11 Å². The van der Waals surface area contributed by atoms with Crippen LogP contribution in [0.3, 0.4) is 0 Å². The standard InChI is InChI=1S/C17H27ClN2O/c1-5-14-10-19-13(8-12(2)3)11-20(14)15-6-7-16(18)17(9-15)21-4/h6-7,9,12-14,19H,5,8,10-11H2,1-4H3. The molecule has 1 aromatic rings. The van der Waals surface area contributed by atoms with Crippen LogP contribution in [-0.2, 0) is 0 Å². The maximum absolute atomic E-state index is 6.15. The lowest BCUT2D eigenvalue weighted by Gasteiger charge is -2.42. The van der Waals surface area contributed by atoms with Gasteiger partial charge in [0.1, 0.15) is 5.75 Å². The van der Waals surface area contributed by atoms with Crippen molar-refractivity contribution in [3.05, 3.63) is 23.2 Å². The van der Waals surface area contributed by atoms with Crippen molar-refractivity contribution in [2.75, 3.05) is 25.1 Å². The molecular weight excluding hydrogens is 284 g/mol. The normalized spacial score (nSPS) is 22.7. The molecule has 2 rings (SSSR count). The summed E-state index contributed by atoms with van der Waals surface area (Å²) < 4.78 is 5.36. The molecule has 0 aliphatic carbocycles. The van der Waals surface area contributed by atoms with Crippen molar-refractivity contribution in [1.82, 2.24) is 5.32 Å². The van der Waals surface area contributed by atoms with Gasteiger partial charge in [0.2, 0.25) is 0 Å². The summed E-state index contributed by atoms with van der Waals surface area (Å²) in [6.45, 7) is 8.89. The van der Waals surface area contributed by atoms with Gasteiger partial charge in [0.25, 0.3) is 0 Å². The van der Waals surface area contributed by atoms with E-state index in [0.717, 1.165) is 25.3 Å². The Morgan fingerprint density at radius 1 is 1.43 bits per heavy atom. The molecule has 0 saturated carbocycles. The summed E-state index contributed by atoms with van der Waals surface area (Å²) in [5, 5.41) is 4.36. The fourth-order valence-corrected chi connectivity index (χ4v) is 3.29. The van der Waals surface area contributed by atoms with Crippen LogP contribution >= 0.6 is 11.6 Å². The van der Waals surface area contributed by atoms with Gasteiger partial charge in [-0.05, 0) is 30.9 Å². The van der Waals surface area contributed by atoms with Crippen LogP contribution in [0.2, 0.25) is 5.02 Å². The summed E-state index contributed by atoms with van der Waals surface area (Å²) in [5.74, 6) is 1.46. The van der Waals surface area contributed by atoms with Gasteiger partial charge in [-0.25, -0.2) is 0 Å². The van der Waals surface area contributed by atoms with Crippen LogP contribution in [0.1, 0.15) is 33.6 Å². The molecule has 21 heavy (non-hydrogen) atoms. The number of nitrogens with zero attached hydrogens (tertiary/aromatic N) is 1. The van der Waals surface area contributed by atoms with Crippen LogP contribution in [-0.4, -0.2) is 32.3 Å². The monoisotopic (exact) mass is 310 g/mol. The van der Waals surface area contributed by atoms with Gasteiger partial charge in [0.15, 0.2) is 0 Å². The highest BCUT2D eigenvalue weighted by Gasteiger charge is 2.27. The zero-order chi connectivity index (χ0) is 15.4. The molecule has 0 amide bonds. The summed E-state index contributed by atoms with van der Waals surface area (Å²) >= 11 is 6.15. The molecule has 2 unspecified atom stereocenters. The molecule has 0 bridgehead atoms. The topological polar surface area (TPSA) is 24.5 Å². The first-order valence-corrected chi connectivity index (χ1v) is 8.26. The second-order valence-electron chi connectivity index (χ2n) is 6.27. The average molecular weight is 311 g/mol. The number of piperazine rings is 1. The number of benzene rings is 1. The highest BCUT2D eigenvalue weighted by molar-refractivity contribution is 6.32. The van der Waals surface area contributed by atoms with Crippen molar-refractivity contribution in [2.45, 2.75) is 45.7 Å². The lowest BCUT2D eigenvalue weighted by molar-refractivity contribution is 0.343. The number of nitrogens with one attached hydrogen (secondary N) is 1. The third-order valence-corrected chi connectivity index (χ3v) is 4.51. The van der Waals surface area contributed by atoms with Gasteiger partial charge in [-0.3, -0.25) is 0 Å². The van der Waals surface area contributed by atoms with Gasteiger partial charge in [0, 0.05) is 36.9 Å². The second-order valence-corrected chi connectivity index (χ2v) is 6.68. The SMILES string of the molecule is CCC1CNC(CC(C)C)CN1c1ccc(Cl)c(OC)c1. The quantitative estimate of drug-likeness (QED) is 0.891.